The summed E-state index contributed by atoms with van der Waals surface area (Å²) >= 11 is 5.79. The second-order valence-electron chi connectivity index (χ2n) is 4.73. The summed E-state index contributed by atoms with van der Waals surface area (Å²) in [7, 11) is 0. The van der Waals surface area contributed by atoms with Crippen molar-refractivity contribution in [1.82, 2.24) is 5.32 Å². The second kappa shape index (κ2) is 6.96. The second-order valence-corrected chi connectivity index (χ2v) is 5.14. The van der Waals surface area contributed by atoms with Crippen LogP contribution in [0, 0.1) is 17.5 Å². The van der Waals surface area contributed by atoms with Gasteiger partial charge in [-0.25, -0.2) is 13.2 Å². The molecule has 21 heavy (non-hydrogen) atoms. The molecule has 0 aliphatic rings. The SMILES string of the molecule is CCCNC(c1cc(F)cc(F)c1)c1cccc(Cl)c1F. The number of nitrogens with one attached hydrogen (secondary N) is 1. The molecular weight excluding hydrogens is 299 g/mol. The van der Waals surface area contributed by atoms with E-state index in [1.807, 2.05) is 6.92 Å². The van der Waals surface area contributed by atoms with Gasteiger partial charge in [0.1, 0.15) is 17.5 Å². The van der Waals surface area contributed by atoms with Gasteiger partial charge < -0.3 is 5.32 Å². The van der Waals surface area contributed by atoms with Gasteiger partial charge in [-0.2, -0.15) is 0 Å². The summed E-state index contributed by atoms with van der Waals surface area (Å²) < 4.78 is 41.0. The molecule has 0 aliphatic carbocycles. The number of rotatable bonds is 5. The molecule has 2 rings (SSSR count). The van der Waals surface area contributed by atoms with Gasteiger partial charge in [-0.05, 0) is 36.7 Å². The summed E-state index contributed by atoms with van der Waals surface area (Å²) in [6, 6.07) is 7.11. The van der Waals surface area contributed by atoms with Gasteiger partial charge in [-0.15, -0.1) is 0 Å². The van der Waals surface area contributed by atoms with Crippen LogP contribution in [0.5, 0.6) is 0 Å². The van der Waals surface area contributed by atoms with Crippen LogP contribution in [0.25, 0.3) is 0 Å². The molecule has 0 aromatic heterocycles. The molecule has 5 heteroatoms. The number of hydrogen-bond acceptors (Lipinski definition) is 1. The molecule has 1 unspecified atom stereocenters. The Labute approximate surface area is 126 Å². The summed E-state index contributed by atoms with van der Waals surface area (Å²) in [5.41, 5.74) is 0.586. The van der Waals surface area contributed by atoms with Crippen molar-refractivity contribution in [2.75, 3.05) is 6.54 Å². The Bertz CT molecular complexity index is 611. The van der Waals surface area contributed by atoms with Crippen LogP contribution < -0.4 is 5.32 Å². The molecule has 1 nitrogen and oxygen atoms in total. The fourth-order valence-corrected chi connectivity index (χ4v) is 2.36. The predicted octanol–water partition coefficient (Wildman–Crippen LogP) is 4.85. The van der Waals surface area contributed by atoms with Crippen molar-refractivity contribution in [3.8, 4) is 0 Å². The van der Waals surface area contributed by atoms with Crippen molar-refractivity contribution >= 4 is 11.6 Å². The van der Waals surface area contributed by atoms with Gasteiger partial charge in [0.25, 0.3) is 0 Å². The number of benzene rings is 2. The zero-order valence-corrected chi connectivity index (χ0v) is 12.2. The first kappa shape index (κ1) is 15.9. The molecule has 0 fully saturated rings. The molecule has 1 N–H and O–H groups in total. The van der Waals surface area contributed by atoms with Crippen LogP contribution in [0.1, 0.15) is 30.5 Å². The Kier molecular flexibility index (Phi) is 5.26. The molecule has 0 saturated carbocycles. The topological polar surface area (TPSA) is 12.0 Å². The monoisotopic (exact) mass is 313 g/mol. The minimum Gasteiger partial charge on any atom is -0.306 e. The summed E-state index contributed by atoms with van der Waals surface area (Å²) in [5, 5.41) is 3.07. The maximum atomic E-state index is 14.2. The standard InChI is InChI=1S/C16H15ClF3N/c1-2-6-21-16(10-7-11(18)9-12(19)8-10)13-4-3-5-14(17)15(13)20/h3-5,7-9,16,21H,2,6H2,1H3. The lowest BCUT2D eigenvalue weighted by Gasteiger charge is -2.20. The quantitative estimate of drug-likeness (QED) is 0.832. The smallest absolute Gasteiger partial charge is 0.146 e. The first-order chi connectivity index (χ1) is 10.0. The van der Waals surface area contributed by atoms with Crippen LogP contribution in [0.15, 0.2) is 36.4 Å². The highest BCUT2D eigenvalue weighted by molar-refractivity contribution is 6.30. The van der Waals surface area contributed by atoms with Gasteiger partial charge in [0.05, 0.1) is 11.1 Å². The molecular formula is C16H15ClF3N. The van der Waals surface area contributed by atoms with E-state index >= 15 is 0 Å². The Morgan fingerprint density at radius 2 is 1.76 bits per heavy atom. The van der Waals surface area contributed by atoms with Crippen LogP contribution in [0.3, 0.4) is 0 Å². The first-order valence-electron chi connectivity index (χ1n) is 6.66. The highest BCUT2D eigenvalue weighted by Gasteiger charge is 2.20. The third kappa shape index (κ3) is 3.77. The fourth-order valence-electron chi connectivity index (χ4n) is 2.18. The van der Waals surface area contributed by atoms with Crippen LogP contribution in [0.4, 0.5) is 13.2 Å². The zero-order valence-electron chi connectivity index (χ0n) is 11.5. The van der Waals surface area contributed by atoms with Crippen molar-refractivity contribution < 1.29 is 13.2 Å². The van der Waals surface area contributed by atoms with Crippen LogP contribution in [-0.4, -0.2) is 6.54 Å². The van der Waals surface area contributed by atoms with Crippen molar-refractivity contribution in [3.63, 3.8) is 0 Å². The highest BCUT2D eigenvalue weighted by atomic mass is 35.5. The summed E-state index contributed by atoms with van der Waals surface area (Å²) in [4.78, 5) is 0. The van der Waals surface area contributed by atoms with Crippen molar-refractivity contribution in [2.24, 2.45) is 0 Å². The Balaban J connectivity index is 2.49. The van der Waals surface area contributed by atoms with Crippen LogP contribution in [-0.2, 0) is 0 Å². The maximum absolute atomic E-state index is 14.2. The van der Waals surface area contributed by atoms with E-state index in [4.69, 9.17) is 11.6 Å². The fraction of sp³-hybridized carbons (Fsp3) is 0.250. The lowest BCUT2D eigenvalue weighted by molar-refractivity contribution is 0.534. The van der Waals surface area contributed by atoms with Gasteiger partial charge >= 0.3 is 0 Å². The average Bonchev–Trinajstić information content (AvgIpc) is 2.42. The molecule has 112 valence electrons. The maximum Gasteiger partial charge on any atom is 0.146 e. The van der Waals surface area contributed by atoms with Gasteiger partial charge in [0.15, 0.2) is 0 Å². The van der Waals surface area contributed by atoms with E-state index in [9.17, 15) is 13.2 Å². The van der Waals surface area contributed by atoms with Crippen molar-refractivity contribution in [3.05, 3.63) is 70.0 Å². The van der Waals surface area contributed by atoms with E-state index in [0.29, 0.717) is 12.1 Å². The predicted molar refractivity (Wildman–Crippen MR) is 77.9 cm³/mol. The third-order valence-corrected chi connectivity index (χ3v) is 3.40. The molecule has 0 aliphatic heterocycles. The largest absolute Gasteiger partial charge is 0.306 e. The molecule has 0 spiro atoms. The van der Waals surface area contributed by atoms with E-state index < -0.39 is 23.5 Å². The van der Waals surface area contributed by atoms with E-state index in [-0.39, 0.29) is 10.6 Å². The molecule has 0 amide bonds. The van der Waals surface area contributed by atoms with Crippen molar-refractivity contribution in [2.45, 2.75) is 19.4 Å². The molecule has 0 bridgehead atoms. The average molecular weight is 314 g/mol. The summed E-state index contributed by atoms with van der Waals surface area (Å²) in [5.74, 6) is -1.98. The molecule has 0 heterocycles. The number of hydrogen-bond donors (Lipinski definition) is 1. The minimum absolute atomic E-state index is 0.0207. The molecule has 0 radical (unpaired) electrons. The van der Waals surface area contributed by atoms with Crippen LogP contribution >= 0.6 is 11.6 Å². The first-order valence-corrected chi connectivity index (χ1v) is 7.04. The Hall–Kier alpha value is -1.52. The molecule has 2 aromatic carbocycles. The van der Waals surface area contributed by atoms with Crippen LogP contribution in [0.2, 0.25) is 5.02 Å². The third-order valence-electron chi connectivity index (χ3n) is 3.11. The minimum atomic E-state index is -0.698. The molecule has 2 aromatic rings. The van der Waals surface area contributed by atoms with Gasteiger partial charge in [-0.3, -0.25) is 0 Å². The van der Waals surface area contributed by atoms with Gasteiger partial charge in [0, 0.05) is 11.6 Å². The molecule has 0 saturated heterocycles. The number of halogens is 4. The summed E-state index contributed by atoms with van der Waals surface area (Å²) in [6.45, 7) is 2.53. The Morgan fingerprint density at radius 3 is 2.38 bits per heavy atom. The van der Waals surface area contributed by atoms with E-state index in [1.54, 1.807) is 12.1 Å². The normalized spacial score (nSPS) is 12.4. The highest BCUT2D eigenvalue weighted by Crippen LogP contribution is 2.29. The van der Waals surface area contributed by atoms with Gasteiger partial charge in [0.2, 0.25) is 0 Å². The van der Waals surface area contributed by atoms with Gasteiger partial charge in [-0.1, -0.05) is 30.7 Å². The van der Waals surface area contributed by atoms with E-state index in [0.717, 1.165) is 12.5 Å². The van der Waals surface area contributed by atoms with E-state index in [2.05, 4.69) is 5.32 Å². The van der Waals surface area contributed by atoms with Crippen molar-refractivity contribution in [1.29, 1.82) is 0 Å². The molecule has 1 atom stereocenters. The zero-order chi connectivity index (χ0) is 15.4. The Morgan fingerprint density at radius 1 is 1.10 bits per heavy atom. The lowest BCUT2D eigenvalue weighted by Crippen LogP contribution is -2.24. The summed E-state index contributed by atoms with van der Waals surface area (Å²) in [6.07, 6.45) is 0.802. The lowest BCUT2D eigenvalue weighted by atomic mass is 9.97. The van der Waals surface area contributed by atoms with E-state index in [1.165, 1.54) is 18.2 Å².